The van der Waals surface area contributed by atoms with Crippen molar-refractivity contribution in [1.29, 1.82) is 0 Å². The highest BCUT2D eigenvalue weighted by molar-refractivity contribution is 7.91. The lowest BCUT2D eigenvalue weighted by molar-refractivity contribution is 0.0135. The molecule has 6 atom stereocenters. The van der Waals surface area contributed by atoms with Gasteiger partial charge in [0.15, 0.2) is 0 Å². The summed E-state index contributed by atoms with van der Waals surface area (Å²) in [5.74, 6) is 1.15. The van der Waals surface area contributed by atoms with Crippen molar-refractivity contribution in [2.24, 2.45) is 27.3 Å². The number of hydrogen-bond donors (Lipinski definition) is 1. The van der Waals surface area contributed by atoms with Crippen molar-refractivity contribution in [3.8, 4) is 5.75 Å². The topological polar surface area (TPSA) is 94.2 Å². The van der Waals surface area contributed by atoms with E-state index in [-0.39, 0.29) is 23.2 Å². The number of anilines is 1. The molecule has 0 saturated heterocycles. The first-order valence-corrected chi connectivity index (χ1v) is 17.8. The fourth-order valence-electron chi connectivity index (χ4n) is 7.30. The van der Waals surface area contributed by atoms with E-state index in [1.807, 2.05) is 50.3 Å². The Morgan fingerprint density at radius 3 is 2.84 bits per heavy atom. The molecule has 1 amide bonds. The molecule has 0 bridgehead atoms. The third-order valence-electron chi connectivity index (χ3n) is 9.68. The summed E-state index contributed by atoms with van der Waals surface area (Å²) in [4.78, 5) is 15.8. The molecule has 2 aromatic rings. The van der Waals surface area contributed by atoms with Crippen LogP contribution in [0.15, 0.2) is 65.6 Å². The van der Waals surface area contributed by atoms with Crippen LogP contribution in [0.4, 0.5) is 5.69 Å². The Bertz CT molecular complexity index is 1530. The van der Waals surface area contributed by atoms with Crippen molar-refractivity contribution >= 4 is 33.1 Å². The lowest BCUT2D eigenvalue weighted by atomic mass is 9.68. The monoisotopic (exact) mass is 639 g/mol. The number of rotatable bonds is 10. The van der Waals surface area contributed by atoms with Crippen LogP contribution in [0.2, 0.25) is 5.02 Å². The Labute approximate surface area is 268 Å². The van der Waals surface area contributed by atoms with Crippen molar-refractivity contribution in [2.45, 2.75) is 63.9 Å². The van der Waals surface area contributed by atoms with Gasteiger partial charge in [-0.15, -0.1) is 10.9 Å². The highest BCUT2D eigenvalue weighted by atomic mass is 35.5. The number of nitrogens with two attached hydrogens (primary N) is 1. The molecule has 1 heterocycles. The average Bonchev–Trinajstić information content (AvgIpc) is 3.13. The van der Waals surface area contributed by atoms with Gasteiger partial charge in [-0.1, -0.05) is 42.8 Å². The van der Waals surface area contributed by atoms with Crippen LogP contribution in [0.1, 0.15) is 67.4 Å². The van der Waals surface area contributed by atoms with Gasteiger partial charge in [-0.05, 0) is 105 Å². The molecule has 3 aliphatic rings. The molecule has 2 N–H and O–H groups in total. The fourth-order valence-corrected chi connectivity index (χ4v) is 8.91. The zero-order chi connectivity index (χ0) is 31.5. The van der Waals surface area contributed by atoms with Crippen LogP contribution in [0.3, 0.4) is 0 Å². The molecule has 1 fully saturated rings. The summed E-state index contributed by atoms with van der Waals surface area (Å²) in [7, 11) is -1.44. The molecule has 9 heteroatoms. The minimum absolute atomic E-state index is 0.00239. The predicted octanol–water partition coefficient (Wildman–Crippen LogP) is 7.12. The quantitative estimate of drug-likeness (QED) is 0.279. The molecule has 0 aromatic heterocycles. The Hall–Kier alpha value is -2.65. The van der Waals surface area contributed by atoms with Crippen molar-refractivity contribution in [1.82, 2.24) is 0 Å². The lowest BCUT2D eigenvalue weighted by Gasteiger charge is -2.46. The molecular weight excluding hydrogens is 594 g/mol. The van der Waals surface area contributed by atoms with Crippen LogP contribution >= 0.6 is 11.6 Å². The Kier molecular flexibility index (Phi) is 10.2. The van der Waals surface area contributed by atoms with Crippen LogP contribution in [-0.2, 0) is 26.5 Å². The second kappa shape index (κ2) is 13.8. The molecule has 5 rings (SSSR count). The molecule has 238 valence electrons. The average molecular weight is 640 g/mol. The SMILES string of the molecule is C=C[C@H](OC)[C@@H]1CC[C@H]1CN1C[C@@]2(CCCc3cc(Cl)ccc32)COc2ccc(C(=O)N=[S@@](N)(=O)C[C@@H](C)C/C=C\C)cc21. The number of methoxy groups -OCH3 is 1. The van der Waals surface area contributed by atoms with Crippen LogP contribution in [0, 0.1) is 17.8 Å². The van der Waals surface area contributed by atoms with Gasteiger partial charge in [0, 0.05) is 42.0 Å². The third-order valence-corrected chi connectivity index (χ3v) is 11.4. The summed E-state index contributed by atoms with van der Waals surface area (Å²) in [6.07, 6.45) is 11.8. The Morgan fingerprint density at radius 1 is 1.32 bits per heavy atom. The number of carbonyl (C=O) groups is 1. The normalized spacial score (nSPS) is 25.5. The number of hydrogen-bond acceptors (Lipinski definition) is 5. The molecule has 7 nitrogen and oxygen atoms in total. The first-order valence-electron chi connectivity index (χ1n) is 15.7. The van der Waals surface area contributed by atoms with Crippen LogP contribution in [-0.4, -0.2) is 48.8 Å². The number of halogens is 1. The van der Waals surface area contributed by atoms with E-state index in [1.165, 1.54) is 11.1 Å². The van der Waals surface area contributed by atoms with E-state index >= 15 is 0 Å². The van der Waals surface area contributed by atoms with Crippen molar-refractivity contribution in [3.63, 3.8) is 0 Å². The number of ether oxygens (including phenoxy) is 2. The molecule has 1 saturated carbocycles. The Balaban J connectivity index is 1.50. The molecule has 1 spiro atoms. The summed E-state index contributed by atoms with van der Waals surface area (Å²) in [6, 6.07) is 11.6. The zero-order valence-corrected chi connectivity index (χ0v) is 27.7. The van der Waals surface area contributed by atoms with Gasteiger partial charge in [0.05, 0.1) is 18.4 Å². The zero-order valence-electron chi connectivity index (χ0n) is 26.2. The second-order valence-corrected chi connectivity index (χ2v) is 15.2. The lowest BCUT2D eigenvalue weighted by Crippen LogP contribution is -2.49. The van der Waals surface area contributed by atoms with Gasteiger partial charge in [0.25, 0.3) is 5.91 Å². The minimum Gasteiger partial charge on any atom is -0.490 e. The van der Waals surface area contributed by atoms with Gasteiger partial charge in [0.2, 0.25) is 0 Å². The highest BCUT2D eigenvalue weighted by Crippen LogP contribution is 2.47. The van der Waals surface area contributed by atoms with Gasteiger partial charge in [-0.2, -0.15) is 0 Å². The number of allylic oxidation sites excluding steroid dienone is 2. The van der Waals surface area contributed by atoms with Crippen LogP contribution in [0.25, 0.3) is 0 Å². The number of nitrogens with zero attached hydrogens (tertiary/aromatic N) is 2. The molecule has 2 aromatic carbocycles. The molecule has 0 unspecified atom stereocenters. The van der Waals surface area contributed by atoms with Gasteiger partial charge >= 0.3 is 0 Å². The van der Waals surface area contributed by atoms with Crippen molar-refractivity contribution in [2.75, 3.05) is 37.5 Å². The van der Waals surface area contributed by atoms with E-state index in [0.717, 1.165) is 68.1 Å². The smallest absolute Gasteiger partial charge is 0.286 e. The summed E-state index contributed by atoms with van der Waals surface area (Å²) in [6.45, 7) is 9.98. The summed E-state index contributed by atoms with van der Waals surface area (Å²) < 4.78 is 29.5. The summed E-state index contributed by atoms with van der Waals surface area (Å²) >= 11 is 6.41. The van der Waals surface area contributed by atoms with E-state index in [9.17, 15) is 9.00 Å². The maximum atomic E-state index is 13.4. The third kappa shape index (κ3) is 7.09. The van der Waals surface area contributed by atoms with E-state index in [2.05, 4.69) is 28.0 Å². The van der Waals surface area contributed by atoms with Gasteiger partial charge < -0.3 is 14.4 Å². The van der Waals surface area contributed by atoms with Gasteiger partial charge in [-0.3, -0.25) is 4.79 Å². The molecule has 1 aliphatic heterocycles. The summed E-state index contributed by atoms with van der Waals surface area (Å²) in [5, 5.41) is 6.83. The van der Waals surface area contributed by atoms with Crippen LogP contribution in [0.5, 0.6) is 5.75 Å². The first kappa shape index (κ1) is 32.7. The number of fused-ring (bicyclic) bond motifs is 3. The van der Waals surface area contributed by atoms with Crippen LogP contribution < -0.4 is 14.8 Å². The van der Waals surface area contributed by atoms with Gasteiger partial charge in [0.1, 0.15) is 15.7 Å². The summed E-state index contributed by atoms with van der Waals surface area (Å²) in [5.41, 5.74) is 3.56. The van der Waals surface area contributed by atoms with E-state index in [0.29, 0.717) is 24.0 Å². The van der Waals surface area contributed by atoms with Crippen molar-refractivity contribution < 1.29 is 18.5 Å². The predicted molar refractivity (Wildman–Crippen MR) is 180 cm³/mol. The first-order chi connectivity index (χ1) is 21.1. The Morgan fingerprint density at radius 2 is 2.14 bits per heavy atom. The molecule has 0 radical (unpaired) electrons. The maximum absolute atomic E-state index is 13.4. The number of benzene rings is 2. The largest absolute Gasteiger partial charge is 0.490 e. The van der Waals surface area contributed by atoms with E-state index in [4.69, 9.17) is 26.2 Å². The number of amides is 1. The molecule has 44 heavy (non-hydrogen) atoms. The van der Waals surface area contributed by atoms with E-state index < -0.39 is 15.8 Å². The van der Waals surface area contributed by atoms with Crippen molar-refractivity contribution in [3.05, 3.63) is 82.9 Å². The second-order valence-electron chi connectivity index (χ2n) is 12.9. The fraction of sp³-hybridized carbons (Fsp3) is 0.514. The standard InChI is InChI=1S/C35H46ClN3O4S/c1-5-7-9-24(3)21-44(37,41)38-34(40)26-12-16-33-31(19-26)39(20-27-11-14-29(27)32(6-2)42-4)22-35(23-43-33)17-8-10-25-18-28(36)13-15-30(25)35/h5-7,12-13,15-16,18-19,24,27,29,32H,2,8-11,14,17,20-23H2,1,3-4H3,(H2,37,38,40,41)/b7-5-/t24-,27-,29+,32-,35-,44+/m0/s1. The minimum atomic E-state index is -3.18. The number of carbonyl (C=O) groups excluding carboxylic acids is 1. The molecule has 2 aliphatic carbocycles. The van der Waals surface area contributed by atoms with E-state index in [1.54, 1.807) is 13.2 Å². The highest BCUT2D eigenvalue weighted by Gasteiger charge is 2.44. The van der Waals surface area contributed by atoms with Gasteiger partial charge in [-0.25, -0.2) is 9.35 Å². The number of aryl methyl sites for hydroxylation is 1. The molecular formula is C35H46ClN3O4S. The maximum Gasteiger partial charge on any atom is 0.286 e.